The Morgan fingerprint density at radius 3 is 2.75 bits per heavy atom. The van der Waals surface area contributed by atoms with Crippen LogP contribution in [-0.2, 0) is 0 Å². The van der Waals surface area contributed by atoms with Crippen LogP contribution in [-0.4, -0.2) is 17.6 Å². The number of hydrogen-bond donors (Lipinski definition) is 2. The molecule has 0 aromatic heterocycles. The van der Waals surface area contributed by atoms with Gasteiger partial charge in [-0.25, -0.2) is 4.79 Å². The van der Waals surface area contributed by atoms with Crippen LogP contribution in [0.15, 0.2) is 18.2 Å². The zero-order valence-electron chi connectivity index (χ0n) is 12.3. The summed E-state index contributed by atoms with van der Waals surface area (Å²) in [5.41, 5.74) is 2.71. The fourth-order valence-corrected chi connectivity index (χ4v) is 2.97. The topological polar surface area (TPSA) is 49.3 Å². The summed E-state index contributed by atoms with van der Waals surface area (Å²) in [6.07, 6.45) is 9.01. The van der Waals surface area contributed by atoms with Gasteiger partial charge in [0.05, 0.1) is 5.56 Å². The lowest BCUT2D eigenvalue weighted by Gasteiger charge is -2.10. The van der Waals surface area contributed by atoms with Crippen LogP contribution in [0.1, 0.15) is 73.7 Å². The molecule has 20 heavy (non-hydrogen) atoms. The van der Waals surface area contributed by atoms with Gasteiger partial charge < -0.3 is 10.4 Å². The zero-order valence-corrected chi connectivity index (χ0v) is 12.3. The number of nitrogens with one attached hydrogen (secondary N) is 1. The Kier molecular flexibility index (Phi) is 5.45. The van der Waals surface area contributed by atoms with Gasteiger partial charge in [-0.15, -0.1) is 0 Å². The van der Waals surface area contributed by atoms with Crippen LogP contribution in [0, 0.1) is 0 Å². The average molecular weight is 275 g/mol. The molecule has 110 valence electrons. The number of fused-ring (bicyclic) bond motifs is 1. The second kappa shape index (κ2) is 7.32. The van der Waals surface area contributed by atoms with Crippen molar-refractivity contribution in [2.45, 2.75) is 57.8 Å². The third-order valence-electron chi connectivity index (χ3n) is 4.18. The molecule has 1 aromatic carbocycles. The Bertz CT molecular complexity index is 456. The smallest absolute Gasteiger partial charge is 0.335 e. The maximum absolute atomic E-state index is 11.0. The first-order valence-electron chi connectivity index (χ1n) is 7.83. The number of aromatic carboxylic acids is 1. The molecule has 1 aromatic rings. The number of anilines is 1. The summed E-state index contributed by atoms with van der Waals surface area (Å²) in [5.74, 6) is -0.353. The number of benzene rings is 1. The lowest BCUT2D eigenvalue weighted by molar-refractivity contribution is 0.0697. The monoisotopic (exact) mass is 275 g/mol. The summed E-state index contributed by atoms with van der Waals surface area (Å²) in [4.78, 5) is 11.0. The molecule has 0 saturated carbocycles. The second-order valence-electron chi connectivity index (χ2n) is 5.74. The molecular weight excluding hydrogens is 250 g/mol. The van der Waals surface area contributed by atoms with E-state index >= 15 is 0 Å². The van der Waals surface area contributed by atoms with Crippen molar-refractivity contribution < 1.29 is 9.90 Å². The van der Waals surface area contributed by atoms with Gasteiger partial charge in [0.2, 0.25) is 0 Å². The Labute approximate surface area is 121 Å². The van der Waals surface area contributed by atoms with Crippen molar-refractivity contribution in [3.8, 4) is 0 Å². The Morgan fingerprint density at radius 1 is 1.25 bits per heavy atom. The first-order chi connectivity index (χ1) is 9.72. The lowest BCUT2D eigenvalue weighted by atomic mass is 9.93. The maximum atomic E-state index is 11.0. The van der Waals surface area contributed by atoms with Crippen LogP contribution < -0.4 is 5.32 Å². The molecule has 0 aliphatic carbocycles. The maximum Gasteiger partial charge on any atom is 0.335 e. The third-order valence-corrected chi connectivity index (χ3v) is 4.18. The van der Waals surface area contributed by atoms with Crippen molar-refractivity contribution in [1.82, 2.24) is 0 Å². The van der Waals surface area contributed by atoms with E-state index in [2.05, 4.69) is 12.2 Å². The minimum Gasteiger partial charge on any atom is -0.478 e. The van der Waals surface area contributed by atoms with Crippen LogP contribution in [0.4, 0.5) is 5.69 Å². The van der Waals surface area contributed by atoms with Gasteiger partial charge in [0.1, 0.15) is 0 Å². The van der Waals surface area contributed by atoms with Gasteiger partial charge in [-0.1, -0.05) is 45.4 Å². The summed E-state index contributed by atoms with van der Waals surface area (Å²) in [5, 5.41) is 12.5. The quantitative estimate of drug-likeness (QED) is 0.679. The minimum atomic E-state index is -0.835. The van der Waals surface area contributed by atoms with Gasteiger partial charge in [-0.3, -0.25) is 0 Å². The highest BCUT2D eigenvalue weighted by Crippen LogP contribution is 2.35. The average Bonchev–Trinajstić information content (AvgIpc) is 2.85. The Hall–Kier alpha value is -1.51. The molecular formula is C17H25NO2. The molecule has 0 spiro atoms. The number of hydrogen-bond acceptors (Lipinski definition) is 2. The van der Waals surface area contributed by atoms with Crippen molar-refractivity contribution in [3.63, 3.8) is 0 Å². The summed E-state index contributed by atoms with van der Waals surface area (Å²) in [6, 6.07) is 5.43. The van der Waals surface area contributed by atoms with Crippen molar-refractivity contribution >= 4 is 11.7 Å². The molecule has 1 atom stereocenters. The van der Waals surface area contributed by atoms with Crippen LogP contribution >= 0.6 is 0 Å². The first-order valence-corrected chi connectivity index (χ1v) is 7.83. The highest BCUT2D eigenvalue weighted by molar-refractivity contribution is 5.88. The normalized spacial score (nSPS) is 16.8. The Morgan fingerprint density at radius 2 is 2.00 bits per heavy atom. The van der Waals surface area contributed by atoms with E-state index in [-0.39, 0.29) is 0 Å². The van der Waals surface area contributed by atoms with Crippen molar-refractivity contribution in [2.75, 3.05) is 11.9 Å². The Balaban J connectivity index is 1.84. The fourth-order valence-electron chi connectivity index (χ4n) is 2.97. The highest BCUT2D eigenvalue weighted by Gasteiger charge is 2.22. The van der Waals surface area contributed by atoms with Gasteiger partial charge in [0, 0.05) is 18.2 Å². The summed E-state index contributed by atoms with van der Waals surface area (Å²) < 4.78 is 0. The predicted octanol–water partition coefficient (Wildman–Crippen LogP) is 4.64. The third kappa shape index (κ3) is 3.75. The molecule has 0 radical (unpaired) electrons. The molecule has 3 nitrogen and oxygen atoms in total. The molecule has 0 unspecified atom stereocenters. The molecule has 1 aliphatic heterocycles. The zero-order chi connectivity index (χ0) is 14.4. The van der Waals surface area contributed by atoms with Crippen molar-refractivity contribution in [1.29, 1.82) is 0 Å². The summed E-state index contributed by atoms with van der Waals surface area (Å²) in [7, 11) is 0. The fraction of sp³-hybridized carbons (Fsp3) is 0.588. The number of unbranched alkanes of at least 4 members (excludes halogenated alkanes) is 5. The molecule has 2 rings (SSSR count). The SMILES string of the molecule is CCCCCCCC[C@@H]1CNc2ccc(C(=O)O)cc21. The molecule has 0 amide bonds. The molecule has 0 saturated heterocycles. The van der Waals surface area contributed by atoms with Gasteiger partial charge in [0.15, 0.2) is 0 Å². The number of carboxylic acids is 1. The van der Waals surface area contributed by atoms with E-state index in [4.69, 9.17) is 5.11 Å². The first kappa shape index (κ1) is 14.9. The molecule has 1 aliphatic rings. The van der Waals surface area contributed by atoms with Crippen LogP contribution in [0.25, 0.3) is 0 Å². The summed E-state index contributed by atoms with van der Waals surface area (Å²) in [6.45, 7) is 3.19. The van der Waals surface area contributed by atoms with Gasteiger partial charge >= 0.3 is 5.97 Å². The standard InChI is InChI=1S/C17H25NO2/c1-2-3-4-5-6-7-8-14-12-18-16-10-9-13(17(19)20)11-15(14)16/h9-11,14,18H,2-8,12H2,1H3,(H,19,20)/t14-/m1/s1. The molecule has 1 heterocycles. The highest BCUT2D eigenvalue weighted by atomic mass is 16.4. The molecule has 0 bridgehead atoms. The van der Waals surface area contributed by atoms with Crippen molar-refractivity contribution in [3.05, 3.63) is 29.3 Å². The molecule has 0 fully saturated rings. The number of carbonyl (C=O) groups is 1. The van der Waals surface area contributed by atoms with E-state index in [0.29, 0.717) is 11.5 Å². The summed E-state index contributed by atoms with van der Waals surface area (Å²) >= 11 is 0. The largest absolute Gasteiger partial charge is 0.478 e. The van der Waals surface area contributed by atoms with Gasteiger partial charge in [-0.05, 0) is 30.2 Å². The van der Waals surface area contributed by atoms with E-state index in [1.165, 1.54) is 44.1 Å². The molecule has 2 N–H and O–H groups in total. The number of carboxylic acid groups (broad SMARTS) is 1. The van der Waals surface area contributed by atoms with E-state index in [1.807, 2.05) is 12.1 Å². The van der Waals surface area contributed by atoms with E-state index in [1.54, 1.807) is 6.07 Å². The lowest BCUT2D eigenvalue weighted by Crippen LogP contribution is -2.02. The van der Waals surface area contributed by atoms with Crippen LogP contribution in [0.2, 0.25) is 0 Å². The minimum absolute atomic E-state index is 0.403. The van der Waals surface area contributed by atoms with E-state index in [0.717, 1.165) is 18.7 Å². The van der Waals surface area contributed by atoms with Crippen LogP contribution in [0.3, 0.4) is 0 Å². The van der Waals surface area contributed by atoms with Gasteiger partial charge in [0.25, 0.3) is 0 Å². The van der Waals surface area contributed by atoms with E-state index in [9.17, 15) is 4.79 Å². The second-order valence-corrected chi connectivity index (χ2v) is 5.74. The van der Waals surface area contributed by atoms with Crippen LogP contribution in [0.5, 0.6) is 0 Å². The van der Waals surface area contributed by atoms with Crippen molar-refractivity contribution in [2.24, 2.45) is 0 Å². The predicted molar refractivity (Wildman–Crippen MR) is 82.6 cm³/mol. The molecule has 3 heteroatoms. The number of rotatable bonds is 8. The van der Waals surface area contributed by atoms with Gasteiger partial charge in [-0.2, -0.15) is 0 Å². The van der Waals surface area contributed by atoms with E-state index < -0.39 is 5.97 Å².